The number of nitrogens with zero attached hydrogens (tertiary/aromatic N) is 2. The van der Waals surface area contributed by atoms with Crippen molar-refractivity contribution in [3.8, 4) is 5.75 Å². The van der Waals surface area contributed by atoms with Gasteiger partial charge in [-0.05, 0) is 55.7 Å². The minimum absolute atomic E-state index is 0.0564. The van der Waals surface area contributed by atoms with Gasteiger partial charge in [0.25, 0.3) is 0 Å². The monoisotopic (exact) mass is 402 g/mol. The minimum atomic E-state index is -0.0564. The van der Waals surface area contributed by atoms with Crippen LogP contribution in [0.15, 0.2) is 48.8 Å². The highest BCUT2D eigenvalue weighted by Crippen LogP contribution is 2.27. The number of methoxy groups -OCH3 is 1. The molecular weight excluding hydrogens is 376 g/mol. The number of ether oxygens (including phenoxy) is 1. The number of rotatable bonds is 6. The van der Waals surface area contributed by atoms with Crippen LogP contribution in [0, 0.1) is 20.8 Å². The van der Waals surface area contributed by atoms with E-state index in [-0.39, 0.29) is 5.91 Å². The van der Waals surface area contributed by atoms with Gasteiger partial charge in [-0.3, -0.25) is 9.48 Å². The van der Waals surface area contributed by atoms with E-state index >= 15 is 0 Å². The van der Waals surface area contributed by atoms with Gasteiger partial charge < -0.3 is 15.0 Å². The van der Waals surface area contributed by atoms with Crippen molar-refractivity contribution >= 4 is 22.5 Å². The maximum absolute atomic E-state index is 12.7. The number of nitrogens with one attached hydrogen (secondary N) is 2. The van der Waals surface area contributed by atoms with Gasteiger partial charge in [0.2, 0.25) is 5.91 Å². The summed E-state index contributed by atoms with van der Waals surface area (Å²) in [5.41, 5.74) is 7.33. The third kappa shape index (κ3) is 4.08. The Morgan fingerprint density at radius 2 is 2.03 bits per heavy atom. The third-order valence-electron chi connectivity index (χ3n) is 5.30. The molecule has 0 bridgehead atoms. The molecule has 0 saturated carbocycles. The van der Waals surface area contributed by atoms with E-state index in [1.54, 1.807) is 18.0 Å². The van der Waals surface area contributed by atoms with E-state index in [1.165, 1.54) is 11.1 Å². The highest BCUT2D eigenvalue weighted by atomic mass is 16.5. The second-order valence-electron chi connectivity index (χ2n) is 7.74. The second kappa shape index (κ2) is 8.06. The van der Waals surface area contributed by atoms with Gasteiger partial charge >= 0.3 is 0 Å². The molecule has 0 saturated heterocycles. The van der Waals surface area contributed by atoms with Crippen LogP contribution in [0.2, 0.25) is 0 Å². The van der Waals surface area contributed by atoms with E-state index in [0.717, 1.165) is 33.5 Å². The fraction of sp³-hybridized carbons (Fsp3) is 0.250. The van der Waals surface area contributed by atoms with Crippen LogP contribution in [0.4, 0.5) is 5.69 Å². The standard InChI is InChI=1S/C24H26N4O2/c1-15-8-16(2)24-22(9-15)21(17(3)26-24)11-23(29)27-19-12-25-28(14-19)13-18-6-5-7-20(10-18)30-4/h5-10,12,14,26H,11,13H2,1-4H3,(H,27,29). The Bertz CT molecular complexity index is 1220. The number of anilines is 1. The molecule has 2 heterocycles. The SMILES string of the molecule is COc1cccc(Cn2cc(NC(=O)Cc3c(C)[nH]c4c(C)cc(C)cc34)cn2)c1. The van der Waals surface area contributed by atoms with Crippen LogP contribution in [0.3, 0.4) is 0 Å². The van der Waals surface area contributed by atoms with Crippen molar-refractivity contribution in [1.82, 2.24) is 14.8 Å². The number of aryl methyl sites for hydroxylation is 3. The van der Waals surface area contributed by atoms with E-state index in [1.807, 2.05) is 37.4 Å². The molecule has 2 aromatic heterocycles. The summed E-state index contributed by atoms with van der Waals surface area (Å²) in [5.74, 6) is 0.756. The molecule has 0 aliphatic heterocycles. The Hall–Kier alpha value is -3.54. The highest BCUT2D eigenvalue weighted by molar-refractivity contribution is 5.97. The number of benzene rings is 2. The fourth-order valence-electron chi connectivity index (χ4n) is 3.90. The topological polar surface area (TPSA) is 71.9 Å². The lowest BCUT2D eigenvalue weighted by Gasteiger charge is -2.05. The number of hydrogen-bond acceptors (Lipinski definition) is 3. The predicted molar refractivity (Wildman–Crippen MR) is 119 cm³/mol. The lowest BCUT2D eigenvalue weighted by atomic mass is 10.0. The van der Waals surface area contributed by atoms with Crippen molar-refractivity contribution in [2.45, 2.75) is 33.7 Å². The van der Waals surface area contributed by atoms with Crippen LogP contribution in [-0.4, -0.2) is 27.8 Å². The summed E-state index contributed by atoms with van der Waals surface area (Å²) < 4.78 is 7.07. The first-order valence-electron chi connectivity index (χ1n) is 9.96. The Kier molecular flexibility index (Phi) is 5.31. The highest BCUT2D eigenvalue weighted by Gasteiger charge is 2.15. The number of carbonyl (C=O) groups is 1. The van der Waals surface area contributed by atoms with E-state index in [4.69, 9.17) is 4.74 Å². The van der Waals surface area contributed by atoms with E-state index in [0.29, 0.717) is 18.7 Å². The predicted octanol–water partition coefficient (Wildman–Crippen LogP) is 4.53. The second-order valence-corrected chi connectivity index (χ2v) is 7.74. The number of H-pyrrole nitrogens is 1. The Morgan fingerprint density at radius 1 is 1.20 bits per heavy atom. The molecule has 1 amide bonds. The number of fused-ring (bicyclic) bond motifs is 1. The third-order valence-corrected chi connectivity index (χ3v) is 5.30. The zero-order valence-electron chi connectivity index (χ0n) is 17.7. The molecular formula is C24H26N4O2. The summed E-state index contributed by atoms with van der Waals surface area (Å²) in [4.78, 5) is 16.1. The summed E-state index contributed by atoms with van der Waals surface area (Å²) >= 11 is 0. The van der Waals surface area contributed by atoms with E-state index < -0.39 is 0 Å². The van der Waals surface area contributed by atoms with E-state index in [9.17, 15) is 4.79 Å². The molecule has 0 aliphatic rings. The molecule has 0 aliphatic carbocycles. The molecule has 6 heteroatoms. The largest absolute Gasteiger partial charge is 0.497 e. The normalized spacial score (nSPS) is 11.1. The molecule has 30 heavy (non-hydrogen) atoms. The van der Waals surface area contributed by atoms with Gasteiger partial charge in [0.1, 0.15) is 5.75 Å². The zero-order valence-corrected chi connectivity index (χ0v) is 17.7. The van der Waals surface area contributed by atoms with Crippen LogP contribution in [0.1, 0.15) is 27.9 Å². The Labute approximate surface area is 175 Å². The van der Waals surface area contributed by atoms with Crippen LogP contribution in [0.5, 0.6) is 5.75 Å². The number of carbonyl (C=O) groups excluding carboxylic acids is 1. The summed E-state index contributed by atoms with van der Waals surface area (Å²) in [6, 6.07) is 12.1. The van der Waals surface area contributed by atoms with Gasteiger partial charge in [-0.25, -0.2) is 0 Å². The molecule has 0 unspecified atom stereocenters. The summed E-state index contributed by atoms with van der Waals surface area (Å²) in [6.07, 6.45) is 3.83. The van der Waals surface area contributed by atoms with Gasteiger partial charge in [-0.1, -0.05) is 23.8 Å². The van der Waals surface area contributed by atoms with Crippen molar-refractivity contribution in [2.75, 3.05) is 12.4 Å². The molecule has 0 radical (unpaired) electrons. The minimum Gasteiger partial charge on any atom is -0.497 e. The van der Waals surface area contributed by atoms with Crippen molar-refractivity contribution in [3.63, 3.8) is 0 Å². The van der Waals surface area contributed by atoms with Crippen LogP contribution in [0.25, 0.3) is 10.9 Å². The van der Waals surface area contributed by atoms with Gasteiger partial charge in [-0.15, -0.1) is 0 Å². The molecule has 4 rings (SSSR count). The summed E-state index contributed by atoms with van der Waals surface area (Å²) in [7, 11) is 1.65. The molecule has 2 N–H and O–H groups in total. The summed E-state index contributed by atoms with van der Waals surface area (Å²) in [6.45, 7) is 6.79. The number of aromatic nitrogens is 3. The average Bonchev–Trinajstić information content (AvgIpc) is 3.27. The van der Waals surface area contributed by atoms with Crippen molar-refractivity contribution in [2.24, 2.45) is 0 Å². The average molecular weight is 402 g/mol. The number of hydrogen-bond donors (Lipinski definition) is 2. The van der Waals surface area contributed by atoms with Crippen molar-refractivity contribution in [3.05, 3.63) is 76.7 Å². The molecule has 6 nitrogen and oxygen atoms in total. The maximum Gasteiger partial charge on any atom is 0.228 e. The van der Waals surface area contributed by atoms with Crippen LogP contribution in [-0.2, 0) is 17.8 Å². The van der Waals surface area contributed by atoms with Gasteiger partial charge in [0.05, 0.1) is 32.0 Å². The van der Waals surface area contributed by atoms with Crippen LogP contribution >= 0.6 is 0 Å². The maximum atomic E-state index is 12.7. The van der Waals surface area contributed by atoms with Crippen LogP contribution < -0.4 is 10.1 Å². The van der Waals surface area contributed by atoms with Crippen molar-refractivity contribution < 1.29 is 9.53 Å². The Morgan fingerprint density at radius 3 is 2.83 bits per heavy atom. The molecule has 0 atom stereocenters. The molecule has 4 aromatic rings. The van der Waals surface area contributed by atoms with Gasteiger partial charge in [0, 0.05) is 22.8 Å². The fourth-order valence-corrected chi connectivity index (χ4v) is 3.90. The quantitative estimate of drug-likeness (QED) is 0.498. The number of amides is 1. The molecule has 0 fully saturated rings. The molecule has 0 spiro atoms. The smallest absolute Gasteiger partial charge is 0.228 e. The first-order chi connectivity index (χ1) is 14.4. The number of aromatic amines is 1. The first kappa shape index (κ1) is 19.8. The van der Waals surface area contributed by atoms with Gasteiger partial charge in [0.15, 0.2) is 0 Å². The van der Waals surface area contributed by atoms with Gasteiger partial charge in [-0.2, -0.15) is 5.10 Å². The van der Waals surface area contributed by atoms with Crippen molar-refractivity contribution in [1.29, 1.82) is 0 Å². The lowest BCUT2D eigenvalue weighted by molar-refractivity contribution is -0.115. The zero-order chi connectivity index (χ0) is 21.3. The summed E-state index contributed by atoms with van der Waals surface area (Å²) in [5, 5.41) is 8.45. The van der Waals surface area contributed by atoms with E-state index in [2.05, 4.69) is 41.4 Å². The first-order valence-corrected chi connectivity index (χ1v) is 9.96. The molecule has 2 aromatic carbocycles. The lowest BCUT2D eigenvalue weighted by Crippen LogP contribution is -2.14. The molecule has 154 valence electrons. The Balaban J connectivity index is 1.46.